The number of sulfonamides is 1. The first-order valence-electron chi connectivity index (χ1n) is 9.57. The van der Waals surface area contributed by atoms with Crippen LogP contribution in [0.5, 0.6) is 23.0 Å². The van der Waals surface area contributed by atoms with Crippen LogP contribution in [0.2, 0.25) is 0 Å². The highest BCUT2D eigenvalue weighted by molar-refractivity contribution is 8.13. The second-order valence-electron chi connectivity index (χ2n) is 7.18. The minimum atomic E-state index is -3.69. The Morgan fingerprint density at radius 2 is 1.19 bits per heavy atom. The van der Waals surface area contributed by atoms with E-state index in [4.69, 9.17) is 29.6 Å². The lowest BCUT2D eigenvalue weighted by atomic mass is 10.3. The van der Waals surface area contributed by atoms with Gasteiger partial charge in [0.15, 0.2) is 23.0 Å². The summed E-state index contributed by atoms with van der Waals surface area (Å²) in [6, 6.07) is 8.97. The largest absolute Gasteiger partial charge is 0.454 e. The van der Waals surface area contributed by atoms with Crippen molar-refractivity contribution in [2.45, 2.75) is 9.79 Å². The molecule has 1 fully saturated rings. The summed E-state index contributed by atoms with van der Waals surface area (Å²) in [5, 5.41) is 0. The summed E-state index contributed by atoms with van der Waals surface area (Å²) in [7, 11) is 0.00305. The lowest BCUT2D eigenvalue weighted by molar-refractivity contribution is 0.173. The van der Waals surface area contributed by atoms with Crippen molar-refractivity contribution < 1.29 is 35.8 Å². The number of fused-ring (bicyclic) bond motifs is 2. The normalized spacial score (nSPS) is 18.2. The fourth-order valence-corrected chi connectivity index (χ4v) is 5.45. The fourth-order valence-electron chi connectivity index (χ4n) is 3.24. The summed E-state index contributed by atoms with van der Waals surface area (Å²) in [5.41, 5.74) is 0. The maximum Gasteiger partial charge on any atom is 0.261 e. The van der Waals surface area contributed by atoms with Gasteiger partial charge < -0.3 is 23.8 Å². The fraction of sp³-hybridized carbons (Fsp3) is 0.368. The van der Waals surface area contributed by atoms with Crippen molar-refractivity contribution in [3.8, 4) is 23.0 Å². The standard InChI is InChI=1S/C12H16N2O4S.C7H5ClO4S/c1-13-4-6-14(7-5-13)19(15,16)10-2-3-11-12(8-10)18-9-17-11;8-13(9,10)5-1-2-6-7(3-5)12-4-11-6/h2-3,8H,4-7,9H2,1H3;1-3H,4H2. The molecular formula is C19H21ClN2O8S2. The third-order valence-corrected chi connectivity index (χ3v) is 8.32. The van der Waals surface area contributed by atoms with Crippen LogP contribution in [0.3, 0.4) is 0 Å². The molecule has 10 nitrogen and oxygen atoms in total. The maximum absolute atomic E-state index is 12.5. The van der Waals surface area contributed by atoms with Crippen molar-refractivity contribution in [1.29, 1.82) is 0 Å². The van der Waals surface area contributed by atoms with E-state index in [2.05, 4.69) is 4.90 Å². The van der Waals surface area contributed by atoms with Gasteiger partial charge in [0.1, 0.15) is 0 Å². The molecule has 174 valence electrons. The van der Waals surface area contributed by atoms with Crippen LogP contribution in [0.4, 0.5) is 0 Å². The average Bonchev–Trinajstić information content (AvgIpc) is 3.42. The molecule has 0 saturated carbocycles. The molecule has 1 saturated heterocycles. The lowest BCUT2D eigenvalue weighted by Gasteiger charge is -2.31. The van der Waals surface area contributed by atoms with E-state index in [1.54, 1.807) is 12.1 Å². The van der Waals surface area contributed by atoms with Gasteiger partial charge in [-0.1, -0.05) is 0 Å². The number of rotatable bonds is 3. The quantitative estimate of drug-likeness (QED) is 0.576. The lowest BCUT2D eigenvalue weighted by Crippen LogP contribution is -2.46. The van der Waals surface area contributed by atoms with Crippen molar-refractivity contribution in [1.82, 2.24) is 9.21 Å². The number of hydrogen-bond acceptors (Lipinski definition) is 9. The van der Waals surface area contributed by atoms with Gasteiger partial charge in [0, 0.05) is 49.0 Å². The summed E-state index contributed by atoms with van der Waals surface area (Å²) in [4.78, 5) is 2.39. The summed E-state index contributed by atoms with van der Waals surface area (Å²) in [6.07, 6.45) is 0. The van der Waals surface area contributed by atoms with Gasteiger partial charge in [0.25, 0.3) is 9.05 Å². The smallest absolute Gasteiger partial charge is 0.261 e. The third-order valence-electron chi connectivity index (χ3n) is 5.07. The van der Waals surface area contributed by atoms with Crippen LogP contribution in [0, 0.1) is 0 Å². The highest BCUT2D eigenvalue weighted by Gasteiger charge is 2.29. The second-order valence-corrected chi connectivity index (χ2v) is 11.7. The number of benzene rings is 2. The van der Waals surface area contributed by atoms with Crippen LogP contribution in [-0.2, 0) is 19.1 Å². The second kappa shape index (κ2) is 8.94. The summed E-state index contributed by atoms with van der Waals surface area (Å²) < 4.78 is 68.7. The highest BCUT2D eigenvalue weighted by Crippen LogP contribution is 2.35. The van der Waals surface area contributed by atoms with Gasteiger partial charge in [-0.3, -0.25) is 0 Å². The monoisotopic (exact) mass is 504 g/mol. The van der Waals surface area contributed by atoms with E-state index in [9.17, 15) is 16.8 Å². The van der Waals surface area contributed by atoms with Gasteiger partial charge in [0.2, 0.25) is 23.6 Å². The van der Waals surface area contributed by atoms with Gasteiger partial charge in [-0.25, -0.2) is 16.8 Å². The molecule has 0 radical (unpaired) electrons. The molecule has 0 spiro atoms. The predicted octanol–water partition coefficient (Wildman–Crippen LogP) is 1.69. The molecule has 5 rings (SSSR count). The molecule has 0 aromatic heterocycles. The van der Waals surface area contributed by atoms with E-state index in [1.165, 1.54) is 28.6 Å². The minimum Gasteiger partial charge on any atom is -0.454 e. The number of halogens is 1. The SMILES string of the molecule is CN1CCN(S(=O)(=O)c2ccc3c(c2)OCO3)CC1.O=S(=O)(Cl)c1ccc2c(c1)OCO2. The molecule has 0 N–H and O–H groups in total. The van der Waals surface area contributed by atoms with E-state index in [-0.39, 0.29) is 23.4 Å². The Kier molecular flexibility index (Phi) is 6.41. The van der Waals surface area contributed by atoms with Gasteiger partial charge in [-0.15, -0.1) is 0 Å². The van der Waals surface area contributed by atoms with E-state index in [0.717, 1.165) is 13.1 Å². The van der Waals surface area contributed by atoms with Crippen LogP contribution >= 0.6 is 10.7 Å². The van der Waals surface area contributed by atoms with Crippen LogP contribution in [0.1, 0.15) is 0 Å². The Morgan fingerprint density at radius 3 is 1.72 bits per heavy atom. The molecule has 2 aromatic rings. The van der Waals surface area contributed by atoms with Crippen LogP contribution < -0.4 is 18.9 Å². The summed E-state index contributed by atoms with van der Waals surface area (Å²) in [6.45, 7) is 2.81. The first kappa shape index (κ1) is 22.9. The molecule has 13 heteroatoms. The molecule has 3 heterocycles. The molecule has 0 unspecified atom stereocenters. The highest BCUT2D eigenvalue weighted by atomic mass is 35.7. The molecule has 2 aromatic carbocycles. The van der Waals surface area contributed by atoms with Gasteiger partial charge in [-0.2, -0.15) is 4.31 Å². The third kappa shape index (κ3) is 4.89. The molecule has 3 aliphatic rings. The zero-order valence-corrected chi connectivity index (χ0v) is 19.5. The molecule has 0 amide bonds. The molecule has 32 heavy (non-hydrogen) atoms. The predicted molar refractivity (Wildman–Crippen MR) is 114 cm³/mol. The van der Waals surface area contributed by atoms with E-state index >= 15 is 0 Å². The van der Waals surface area contributed by atoms with Crippen LogP contribution in [0.15, 0.2) is 46.2 Å². The number of ether oxygens (including phenoxy) is 4. The average molecular weight is 505 g/mol. The number of piperazine rings is 1. The zero-order valence-electron chi connectivity index (χ0n) is 17.1. The van der Waals surface area contributed by atoms with Gasteiger partial charge in [0.05, 0.1) is 9.79 Å². The Labute approximate surface area is 190 Å². The minimum absolute atomic E-state index is 0.0124. The van der Waals surface area contributed by atoms with Crippen molar-refractivity contribution in [3.63, 3.8) is 0 Å². The number of likely N-dealkylation sites (N-methyl/N-ethyl adjacent to an activating group) is 1. The Bertz CT molecular complexity index is 1210. The first-order valence-corrected chi connectivity index (χ1v) is 13.3. The Hall–Kier alpha value is -2.25. The van der Waals surface area contributed by atoms with Crippen LogP contribution in [0.25, 0.3) is 0 Å². The van der Waals surface area contributed by atoms with Crippen molar-refractivity contribution in [3.05, 3.63) is 36.4 Å². The number of hydrogen-bond donors (Lipinski definition) is 0. The molecule has 0 aliphatic carbocycles. The van der Waals surface area contributed by atoms with Crippen LogP contribution in [-0.4, -0.2) is 72.9 Å². The molecular weight excluding hydrogens is 484 g/mol. The molecule has 0 atom stereocenters. The molecule has 0 bridgehead atoms. The Morgan fingerprint density at radius 1 is 0.719 bits per heavy atom. The zero-order chi connectivity index (χ0) is 22.9. The maximum atomic E-state index is 12.5. The first-order chi connectivity index (χ1) is 15.1. The van der Waals surface area contributed by atoms with E-state index in [1.807, 2.05) is 7.05 Å². The topological polar surface area (TPSA) is 112 Å². The van der Waals surface area contributed by atoms with E-state index in [0.29, 0.717) is 36.1 Å². The van der Waals surface area contributed by atoms with Crippen molar-refractivity contribution in [2.75, 3.05) is 46.8 Å². The molecule has 3 aliphatic heterocycles. The van der Waals surface area contributed by atoms with Gasteiger partial charge >= 0.3 is 0 Å². The van der Waals surface area contributed by atoms with Crippen molar-refractivity contribution in [2.24, 2.45) is 0 Å². The Balaban J connectivity index is 0.000000165. The number of nitrogens with zero attached hydrogens (tertiary/aromatic N) is 2. The summed E-state index contributed by atoms with van der Waals surface area (Å²) >= 11 is 0. The van der Waals surface area contributed by atoms with Crippen molar-refractivity contribution >= 4 is 29.8 Å². The van der Waals surface area contributed by atoms with E-state index < -0.39 is 19.1 Å². The summed E-state index contributed by atoms with van der Waals surface area (Å²) in [5.74, 6) is 2.03. The van der Waals surface area contributed by atoms with Gasteiger partial charge in [-0.05, 0) is 31.3 Å².